The second-order valence-electron chi connectivity index (χ2n) is 4.29. The van der Waals surface area contributed by atoms with Gasteiger partial charge in [0.25, 0.3) is 0 Å². The molecule has 1 aromatic rings. The normalized spacial score (nSPS) is 11.9. The summed E-state index contributed by atoms with van der Waals surface area (Å²) in [4.78, 5) is 11.9. The van der Waals surface area contributed by atoms with Crippen molar-refractivity contribution in [3.8, 4) is 5.75 Å². The molecular weight excluding hydrogens is 260 g/mol. The topological polar surface area (TPSA) is 79.8 Å². The molecule has 0 aliphatic carbocycles. The average molecular weight is 282 g/mol. The Morgan fingerprint density at radius 2 is 2.10 bits per heavy atom. The lowest BCUT2D eigenvalue weighted by atomic mass is 10.2. The van der Waals surface area contributed by atoms with Gasteiger partial charge in [0.2, 0.25) is 5.91 Å². The van der Waals surface area contributed by atoms with E-state index in [9.17, 15) is 4.79 Å². The molecule has 1 aromatic carbocycles. The second kappa shape index (κ2) is 9.30. The lowest BCUT2D eigenvalue weighted by molar-refractivity contribution is -0.115. The summed E-state index contributed by atoms with van der Waals surface area (Å²) >= 11 is 0. The van der Waals surface area contributed by atoms with E-state index in [1.807, 2.05) is 12.1 Å². The average Bonchev–Trinajstić information content (AvgIpc) is 2.46. The van der Waals surface area contributed by atoms with Crippen molar-refractivity contribution in [3.63, 3.8) is 0 Å². The second-order valence-corrected chi connectivity index (χ2v) is 4.29. The number of para-hydroxylation sites is 2. The number of ether oxygens (including phenoxy) is 2. The maximum atomic E-state index is 11.9. The molecule has 1 unspecified atom stereocenters. The van der Waals surface area contributed by atoms with Gasteiger partial charge in [0.05, 0.1) is 25.9 Å². The van der Waals surface area contributed by atoms with Crippen LogP contribution in [0, 0.1) is 0 Å². The van der Waals surface area contributed by atoms with Crippen LogP contribution in [0.3, 0.4) is 0 Å². The minimum Gasteiger partial charge on any atom is -0.495 e. The zero-order chi connectivity index (χ0) is 14.8. The van der Waals surface area contributed by atoms with Gasteiger partial charge >= 0.3 is 0 Å². The van der Waals surface area contributed by atoms with Crippen LogP contribution in [0.4, 0.5) is 5.69 Å². The summed E-state index contributed by atoms with van der Waals surface area (Å²) in [6.45, 7) is 0.643. The Hall–Kier alpha value is -1.63. The first kappa shape index (κ1) is 16.4. The highest BCUT2D eigenvalue weighted by Gasteiger charge is 2.11. The van der Waals surface area contributed by atoms with Crippen molar-refractivity contribution in [1.82, 2.24) is 5.32 Å². The fourth-order valence-corrected chi connectivity index (χ4v) is 1.78. The van der Waals surface area contributed by atoms with Crippen LogP contribution in [0.25, 0.3) is 0 Å². The number of carbonyl (C=O) groups excluding carboxylic acids is 1. The van der Waals surface area contributed by atoms with E-state index in [0.717, 1.165) is 0 Å². The number of hydrogen-bond donors (Lipinski definition) is 3. The predicted octanol–water partition coefficient (Wildman–Crippen LogP) is 0.621. The third-order valence-corrected chi connectivity index (χ3v) is 2.78. The number of amides is 1. The van der Waals surface area contributed by atoms with Crippen LogP contribution in [-0.4, -0.2) is 51.0 Å². The Morgan fingerprint density at radius 3 is 2.75 bits per heavy atom. The van der Waals surface area contributed by atoms with E-state index in [0.29, 0.717) is 24.5 Å². The van der Waals surface area contributed by atoms with E-state index < -0.39 is 0 Å². The van der Waals surface area contributed by atoms with Crippen molar-refractivity contribution >= 4 is 11.6 Å². The zero-order valence-electron chi connectivity index (χ0n) is 11.9. The third kappa shape index (κ3) is 5.56. The van der Waals surface area contributed by atoms with Gasteiger partial charge in [-0.1, -0.05) is 12.1 Å². The Bertz CT molecular complexity index is 406. The third-order valence-electron chi connectivity index (χ3n) is 2.78. The number of aliphatic hydroxyl groups is 1. The molecule has 1 amide bonds. The number of hydrogen-bond acceptors (Lipinski definition) is 5. The summed E-state index contributed by atoms with van der Waals surface area (Å²) in [5, 5.41) is 14.7. The highest BCUT2D eigenvalue weighted by Crippen LogP contribution is 2.22. The van der Waals surface area contributed by atoms with Crippen LogP contribution < -0.4 is 15.4 Å². The molecule has 0 aromatic heterocycles. The first-order valence-electron chi connectivity index (χ1n) is 6.47. The fourth-order valence-electron chi connectivity index (χ4n) is 1.78. The molecule has 0 aliphatic heterocycles. The Labute approximate surface area is 119 Å². The van der Waals surface area contributed by atoms with Crippen LogP contribution in [-0.2, 0) is 9.53 Å². The lowest BCUT2D eigenvalue weighted by Gasteiger charge is -2.17. The number of benzene rings is 1. The molecule has 1 rings (SSSR count). The first-order chi connectivity index (χ1) is 9.71. The van der Waals surface area contributed by atoms with Gasteiger partial charge in [-0.3, -0.25) is 4.79 Å². The number of nitrogens with one attached hydrogen (secondary N) is 2. The molecule has 6 nitrogen and oxygen atoms in total. The molecule has 1 atom stereocenters. The Morgan fingerprint density at radius 1 is 1.35 bits per heavy atom. The summed E-state index contributed by atoms with van der Waals surface area (Å²) in [6.07, 6.45) is 0.537. The number of rotatable bonds is 9. The quantitative estimate of drug-likeness (QED) is 0.619. The molecule has 0 fully saturated rings. The highest BCUT2D eigenvalue weighted by molar-refractivity contribution is 5.93. The van der Waals surface area contributed by atoms with Crippen LogP contribution in [0.15, 0.2) is 24.3 Å². The van der Waals surface area contributed by atoms with Gasteiger partial charge in [0.1, 0.15) is 5.75 Å². The molecule has 0 spiro atoms. The summed E-state index contributed by atoms with van der Waals surface area (Å²) in [7, 11) is 3.14. The summed E-state index contributed by atoms with van der Waals surface area (Å²) < 4.78 is 10.2. The minimum absolute atomic E-state index is 0.0478. The van der Waals surface area contributed by atoms with E-state index in [4.69, 9.17) is 14.6 Å². The fraction of sp³-hybridized carbons (Fsp3) is 0.500. The van der Waals surface area contributed by atoms with E-state index >= 15 is 0 Å². The van der Waals surface area contributed by atoms with Gasteiger partial charge in [0.15, 0.2) is 0 Å². The molecule has 112 valence electrons. The largest absolute Gasteiger partial charge is 0.495 e. The number of carbonyl (C=O) groups is 1. The van der Waals surface area contributed by atoms with Crippen LogP contribution in [0.2, 0.25) is 0 Å². The van der Waals surface area contributed by atoms with Gasteiger partial charge in [-0.05, 0) is 18.6 Å². The van der Waals surface area contributed by atoms with Gasteiger partial charge in [-0.2, -0.15) is 0 Å². The molecule has 0 saturated heterocycles. The van der Waals surface area contributed by atoms with E-state index in [2.05, 4.69) is 10.6 Å². The lowest BCUT2D eigenvalue weighted by Crippen LogP contribution is -2.39. The maximum Gasteiger partial charge on any atom is 0.238 e. The predicted molar refractivity (Wildman–Crippen MR) is 77.0 cm³/mol. The first-order valence-corrected chi connectivity index (χ1v) is 6.47. The van der Waals surface area contributed by atoms with E-state index in [1.165, 1.54) is 0 Å². The summed E-state index contributed by atoms with van der Waals surface area (Å²) in [6, 6.07) is 7.17. The van der Waals surface area contributed by atoms with Crippen molar-refractivity contribution in [2.75, 3.05) is 39.3 Å². The monoisotopic (exact) mass is 282 g/mol. The van der Waals surface area contributed by atoms with Gasteiger partial charge in [-0.15, -0.1) is 0 Å². The molecule has 3 N–H and O–H groups in total. The van der Waals surface area contributed by atoms with Crippen molar-refractivity contribution < 1.29 is 19.4 Å². The maximum absolute atomic E-state index is 11.9. The minimum atomic E-state index is -0.173. The van der Waals surface area contributed by atoms with Crippen LogP contribution in [0.1, 0.15) is 6.42 Å². The van der Waals surface area contributed by atoms with Crippen molar-refractivity contribution in [1.29, 1.82) is 0 Å². The molecule has 0 aliphatic rings. The highest BCUT2D eigenvalue weighted by atomic mass is 16.5. The van der Waals surface area contributed by atoms with Crippen molar-refractivity contribution in [2.45, 2.75) is 12.5 Å². The SMILES string of the molecule is COCC(CCO)NCC(=O)Nc1ccccc1OC. The Kier molecular flexibility index (Phi) is 7.64. The summed E-state index contributed by atoms with van der Waals surface area (Å²) in [5.74, 6) is 0.443. The summed E-state index contributed by atoms with van der Waals surface area (Å²) in [5.41, 5.74) is 0.632. The van der Waals surface area contributed by atoms with Gasteiger partial charge in [0, 0.05) is 19.8 Å². The number of aliphatic hydroxyl groups excluding tert-OH is 1. The number of methoxy groups -OCH3 is 2. The van der Waals surface area contributed by atoms with Crippen molar-refractivity contribution in [3.05, 3.63) is 24.3 Å². The van der Waals surface area contributed by atoms with E-state index in [1.54, 1.807) is 26.4 Å². The zero-order valence-corrected chi connectivity index (χ0v) is 11.9. The molecule has 0 heterocycles. The molecule has 0 saturated carbocycles. The standard InChI is InChI=1S/C14H22N2O4/c1-19-10-11(7-8-17)15-9-14(18)16-12-5-3-4-6-13(12)20-2/h3-6,11,15,17H,7-10H2,1-2H3,(H,16,18). The smallest absolute Gasteiger partial charge is 0.238 e. The van der Waals surface area contributed by atoms with E-state index in [-0.39, 0.29) is 25.1 Å². The van der Waals surface area contributed by atoms with Gasteiger partial charge < -0.3 is 25.2 Å². The molecule has 0 bridgehead atoms. The molecule has 0 radical (unpaired) electrons. The van der Waals surface area contributed by atoms with Crippen LogP contribution in [0.5, 0.6) is 5.75 Å². The number of anilines is 1. The van der Waals surface area contributed by atoms with Gasteiger partial charge in [-0.25, -0.2) is 0 Å². The Balaban J connectivity index is 2.46. The molecule has 20 heavy (non-hydrogen) atoms. The molecule has 6 heteroatoms. The molecular formula is C14H22N2O4. The van der Waals surface area contributed by atoms with Crippen molar-refractivity contribution in [2.24, 2.45) is 0 Å². The van der Waals surface area contributed by atoms with Crippen LogP contribution >= 0.6 is 0 Å².